The van der Waals surface area contributed by atoms with E-state index in [9.17, 15) is 9.67 Å². The highest BCUT2D eigenvalue weighted by atomic mass is 32.1. The van der Waals surface area contributed by atoms with Crippen LogP contribution in [-0.2, 0) is 13.6 Å². The first kappa shape index (κ1) is 19.6. The van der Waals surface area contributed by atoms with E-state index >= 15 is 0 Å². The van der Waals surface area contributed by atoms with E-state index in [1.165, 1.54) is 0 Å². The summed E-state index contributed by atoms with van der Waals surface area (Å²) in [6.07, 6.45) is 0.700. The molecule has 4 nitrogen and oxygen atoms in total. The van der Waals surface area contributed by atoms with Crippen molar-refractivity contribution in [1.82, 2.24) is 0 Å². The minimum Gasteiger partial charge on any atom is -0.390 e. The van der Waals surface area contributed by atoms with Crippen LogP contribution in [0.2, 0.25) is 5.82 Å². The summed E-state index contributed by atoms with van der Waals surface area (Å²) >= 11 is 4.10. The molecule has 1 saturated carbocycles. The van der Waals surface area contributed by atoms with Gasteiger partial charge in [-0.2, -0.15) is 12.6 Å². The van der Waals surface area contributed by atoms with Gasteiger partial charge in [0, 0.05) is 0 Å². The van der Waals surface area contributed by atoms with Crippen LogP contribution >= 0.6 is 20.2 Å². The van der Waals surface area contributed by atoms with Gasteiger partial charge >= 0.3 is 7.60 Å². The molecule has 2 radical (unpaired) electrons. The molecule has 0 aliphatic heterocycles. The van der Waals surface area contributed by atoms with Crippen LogP contribution in [-0.4, -0.2) is 36.8 Å². The molecule has 0 saturated heterocycles. The van der Waals surface area contributed by atoms with E-state index in [4.69, 9.17) is 16.9 Å². The van der Waals surface area contributed by atoms with Crippen LogP contribution < -0.4 is 0 Å². The summed E-state index contributed by atoms with van der Waals surface area (Å²) in [6.45, 7) is 7.84. The van der Waals surface area contributed by atoms with Gasteiger partial charge in [-0.05, 0) is 38.5 Å². The standard InChI is InChI=1S/C14H28BO4PS/c1-9(2)5-11-6-12(15)7-13(16)14(11)19-20(17,8-21)18-10(3)4/h9-14,16,21H,5-8H2,1-4H3. The Morgan fingerprint density at radius 3 is 2.43 bits per heavy atom. The minimum atomic E-state index is -3.30. The van der Waals surface area contributed by atoms with Gasteiger partial charge in [-0.3, -0.25) is 4.57 Å². The number of aliphatic hydroxyl groups excluding tert-OH is 1. The summed E-state index contributed by atoms with van der Waals surface area (Å²) in [4.78, 5) is 0. The van der Waals surface area contributed by atoms with Crippen molar-refractivity contribution in [3.05, 3.63) is 0 Å². The Balaban J connectivity index is 2.85. The Morgan fingerprint density at radius 2 is 1.95 bits per heavy atom. The van der Waals surface area contributed by atoms with E-state index in [0.717, 1.165) is 12.8 Å². The summed E-state index contributed by atoms with van der Waals surface area (Å²) in [6, 6.07) is 0. The lowest BCUT2D eigenvalue weighted by Crippen LogP contribution is -2.41. The minimum absolute atomic E-state index is 0.00878. The van der Waals surface area contributed by atoms with Crippen LogP contribution in [0.1, 0.15) is 47.0 Å². The molecule has 5 unspecified atom stereocenters. The van der Waals surface area contributed by atoms with Gasteiger partial charge < -0.3 is 14.2 Å². The molecule has 1 fully saturated rings. The van der Waals surface area contributed by atoms with E-state index in [1.807, 2.05) is 0 Å². The molecule has 0 aromatic heterocycles. The highest BCUT2D eigenvalue weighted by Gasteiger charge is 2.41. The van der Waals surface area contributed by atoms with Gasteiger partial charge in [-0.1, -0.05) is 26.1 Å². The molecule has 7 heteroatoms. The molecule has 0 heterocycles. The lowest BCUT2D eigenvalue weighted by molar-refractivity contribution is -0.0424. The van der Waals surface area contributed by atoms with Crippen LogP contribution in [0.3, 0.4) is 0 Å². The zero-order valence-corrected chi connectivity index (χ0v) is 15.2. The van der Waals surface area contributed by atoms with Crippen molar-refractivity contribution in [3.8, 4) is 0 Å². The summed E-state index contributed by atoms with van der Waals surface area (Å²) in [7, 11) is 2.70. The molecule has 0 aromatic carbocycles. The Hall–Kier alpha value is 0.525. The third kappa shape index (κ3) is 6.27. The second-order valence-electron chi connectivity index (χ2n) is 6.66. The SMILES string of the molecule is [B]C1CC(O)C(OP(=O)(CS)OC(C)C)C(CC(C)C)C1. The maximum Gasteiger partial charge on any atom is 0.340 e. The van der Waals surface area contributed by atoms with Crippen molar-refractivity contribution in [2.75, 3.05) is 5.49 Å². The second kappa shape index (κ2) is 8.40. The molecule has 1 rings (SSSR count). The molecule has 1 aliphatic rings. The van der Waals surface area contributed by atoms with Crippen molar-refractivity contribution in [2.24, 2.45) is 11.8 Å². The molecule has 1 N–H and O–H groups in total. The Bertz CT molecular complexity index is 365. The van der Waals surface area contributed by atoms with Gasteiger partial charge in [0.15, 0.2) is 0 Å². The van der Waals surface area contributed by atoms with E-state index in [2.05, 4.69) is 26.5 Å². The zero-order chi connectivity index (χ0) is 16.2. The summed E-state index contributed by atoms with van der Waals surface area (Å²) in [5.41, 5.74) is 0.00878. The summed E-state index contributed by atoms with van der Waals surface area (Å²) in [5.74, 6) is 0.512. The fraction of sp³-hybridized carbons (Fsp3) is 1.00. The summed E-state index contributed by atoms with van der Waals surface area (Å²) in [5, 5.41) is 10.3. The zero-order valence-electron chi connectivity index (χ0n) is 13.4. The molecular weight excluding hydrogens is 306 g/mol. The topological polar surface area (TPSA) is 55.8 Å². The van der Waals surface area contributed by atoms with Crippen molar-refractivity contribution in [3.63, 3.8) is 0 Å². The normalized spacial score (nSPS) is 33.3. The van der Waals surface area contributed by atoms with Crippen molar-refractivity contribution < 1.29 is 18.7 Å². The molecular formula is C14H28BO4PS. The number of rotatable bonds is 7. The molecule has 0 spiro atoms. The van der Waals surface area contributed by atoms with E-state index in [-0.39, 0.29) is 23.3 Å². The Labute approximate surface area is 135 Å². The molecule has 0 amide bonds. The van der Waals surface area contributed by atoms with Crippen LogP contribution in [0.15, 0.2) is 0 Å². The van der Waals surface area contributed by atoms with Crippen molar-refractivity contribution in [2.45, 2.75) is 71.1 Å². The number of thiol groups is 1. The van der Waals surface area contributed by atoms with E-state index < -0.39 is 19.8 Å². The third-order valence-corrected chi connectivity index (χ3v) is 6.29. The molecule has 122 valence electrons. The molecule has 5 atom stereocenters. The van der Waals surface area contributed by atoms with Crippen molar-refractivity contribution >= 4 is 28.1 Å². The second-order valence-corrected chi connectivity index (χ2v) is 9.44. The van der Waals surface area contributed by atoms with Crippen molar-refractivity contribution in [1.29, 1.82) is 0 Å². The third-order valence-electron chi connectivity index (χ3n) is 3.59. The highest BCUT2D eigenvalue weighted by molar-refractivity contribution is 7.88. The Morgan fingerprint density at radius 1 is 1.33 bits per heavy atom. The smallest absolute Gasteiger partial charge is 0.340 e. The molecule has 21 heavy (non-hydrogen) atoms. The first-order valence-corrected chi connectivity index (χ1v) is 10.0. The largest absolute Gasteiger partial charge is 0.390 e. The van der Waals surface area contributed by atoms with E-state index in [0.29, 0.717) is 12.3 Å². The maximum absolute atomic E-state index is 12.7. The van der Waals surface area contributed by atoms with Gasteiger partial charge in [0.25, 0.3) is 0 Å². The predicted octanol–water partition coefficient (Wildman–Crippen LogP) is 3.65. The highest BCUT2D eigenvalue weighted by Crippen LogP contribution is 2.54. The average molecular weight is 334 g/mol. The number of hydrogen-bond donors (Lipinski definition) is 2. The first-order chi connectivity index (χ1) is 9.66. The van der Waals surface area contributed by atoms with Gasteiger partial charge in [-0.15, -0.1) is 0 Å². The molecule has 0 aromatic rings. The lowest BCUT2D eigenvalue weighted by Gasteiger charge is -2.40. The predicted molar refractivity (Wildman–Crippen MR) is 90.2 cm³/mol. The lowest BCUT2D eigenvalue weighted by atomic mass is 9.67. The molecule has 1 aliphatic carbocycles. The Kier molecular flexibility index (Phi) is 7.83. The quantitative estimate of drug-likeness (QED) is 0.424. The van der Waals surface area contributed by atoms with Crippen LogP contribution in [0.4, 0.5) is 0 Å². The van der Waals surface area contributed by atoms with Crippen LogP contribution in [0.5, 0.6) is 0 Å². The fourth-order valence-corrected chi connectivity index (χ4v) is 4.88. The number of aliphatic hydroxyl groups is 1. The maximum atomic E-state index is 12.7. The van der Waals surface area contributed by atoms with Crippen LogP contribution in [0.25, 0.3) is 0 Å². The molecule has 0 bridgehead atoms. The monoisotopic (exact) mass is 334 g/mol. The van der Waals surface area contributed by atoms with Gasteiger partial charge in [0.2, 0.25) is 0 Å². The summed E-state index contributed by atoms with van der Waals surface area (Å²) < 4.78 is 23.9. The van der Waals surface area contributed by atoms with E-state index in [1.54, 1.807) is 13.8 Å². The number of hydrogen-bond acceptors (Lipinski definition) is 5. The van der Waals surface area contributed by atoms with Crippen LogP contribution in [0, 0.1) is 11.8 Å². The van der Waals surface area contributed by atoms with Gasteiger partial charge in [-0.25, -0.2) is 0 Å². The average Bonchev–Trinajstić information content (AvgIpc) is 2.32. The first-order valence-electron chi connectivity index (χ1n) is 7.67. The van der Waals surface area contributed by atoms with Gasteiger partial charge in [0.1, 0.15) is 0 Å². The van der Waals surface area contributed by atoms with Gasteiger partial charge in [0.05, 0.1) is 31.7 Å². The fourth-order valence-electron chi connectivity index (χ4n) is 2.97.